The zero-order valence-electron chi connectivity index (χ0n) is 14.2. The highest BCUT2D eigenvalue weighted by molar-refractivity contribution is 6.42. The summed E-state index contributed by atoms with van der Waals surface area (Å²) in [4.78, 5) is 15.9. The predicted octanol–water partition coefficient (Wildman–Crippen LogP) is 4.60. The fourth-order valence-electron chi connectivity index (χ4n) is 2.32. The third kappa shape index (κ3) is 3.81. The number of halogens is 2. The normalized spacial score (nSPS) is 10.6. The third-order valence-corrected chi connectivity index (χ3v) is 4.40. The molecule has 0 fully saturated rings. The highest BCUT2D eigenvalue weighted by atomic mass is 35.5. The lowest BCUT2D eigenvalue weighted by molar-refractivity contribution is -0.115. The summed E-state index contributed by atoms with van der Waals surface area (Å²) in [6.07, 6.45) is 0.420. The van der Waals surface area contributed by atoms with E-state index in [0.717, 1.165) is 11.3 Å². The Morgan fingerprint density at radius 1 is 1.15 bits per heavy atom. The standard InChI is InChI=1S/C18H16Cl2N4O2/c1-3-16(25)21-12-5-7-13(8-6-12)24-17(22-18(23-24)26-2)11-4-9-14(19)15(20)10-11/h4-10H,3H2,1-2H3,(H,21,25). The van der Waals surface area contributed by atoms with E-state index in [1.165, 1.54) is 7.11 Å². The molecule has 0 saturated heterocycles. The van der Waals surface area contributed by atoms with Gasteiger partial charge in [-0.05, 0) is 42.5 Å². The molecular weight excluding hydrogens is 375 g/mol. The van der Waals surface area contributed by atoms with Crippen LogP contribution in [-0.2, 0) is 4.79 Å². The van der Waals surface area contributed by atoms with Gasteiger partial charge in [0.25, 0.3) is 0 Å². The average molecular weight is 391 g/mol. The van der Waals surface area contributed by atoms with Gasteiger partial charge in [0.05, 0.1) is 22.8 Å². The van der Waals surface area contributed by atoms with Gasteiger partial charge >= 0.3 is 6.01 Å². The molecule has 0 spiro atoms. The van der Waals surface area contributed by atoms with Gasteiger partial charge in [-0.2, -0.15) is 4.98 Å². The van der Waals surface area contributed by atoms with Crippen LogP contribution < -0.4 is 10.1 Å². The molecule has 0 aliphatic heterocycles. The maximum absolute atomic E-state index is 11.5. The molecule has 1 N–H and O–H groups in total. The van der Waals surface area contributed by atoms with Gasteiger partial charge < -0.3 is 10.1 Å². The fraction of sp³-hybridized carbons (Fsp3) is 0.167. The molecular formula is C18H16Cl2N4O2. The van der Waals surface area contributed by atoms with E-state index in [1.807, 2.05) is 18.2 Å². The van der Waals surface area contributed by atoms with Gasteiger partial charge in [-0.3, -0.25) is 4.79 Å². The number of ether oxygens (including phenoxy) is 1. The van der Waals surface area contributed by atoms with Crippen LogP contribution in [0.2, 0.25) is 10.0 Å². The number of hydrogen-bond acceptors (Lipinski definition) is 4. The van der Waals surface area contributed by atoms with Crippen LogP contribution in [0, 0.1) is 0 Å². The fourth-order valence-corrected chi connectivity index (χ4v) is 2.62. The molecule has 1 aromatic heterocycles. The zero-order valence-corrected chi connectivity index (χ0v) is 15.7. The van der Waals surface area contributed by atoms with E-state index >= 15 is 0 Å². The molecule has 1 amide bonds. The van der Waals surface area contributed by atoms with Crippen molar-refractivity contribution in [3.05, 3.63) is 52.5 Å². The first-order valence-corrected chi connectivity index (χ1v) is 8.64. The number of anilines is 1. The lowest BCUT2D eigenvalue weighted by atomic mass is 10.2. The molecule has 0 aliphatic carbocycles. The van der Waals surface area contributed by atoms with Crippen LogP contribution in [0.5, 0.6) is 6.01 Å². The van der Waals surface area contributed by atoms with Gasteiger partial charge in [0.15, 0.2) is 5.82 Å². The topological polar surface area (TPSA) is 69.0 Å². The Labute approximate surface area is 160 Å². The number of hydrogen-bond donors (Lipinski definition) is 1. The van der Waals surface area contributed by atoms with Gasteiger partial charge in [-0.1, -0.05) is 30.1 Å². The molecule has 3 rings (SSSR count). The Hall–Kier alpha value is -2.57. The van der Waals surface area contributed by atoms with E-state index in [4.69, 9.17) is 27.9 Å². The van der Waals surface area contributed by atoms with Crippen molar-refractivity contribution in [3.63, 3.8) is 0 Å². The summed E-state index contributed by atoms with van der Waals surface area (Å²) in [6, 6.07) is 12.7. The first kappa shape index (κ1) is 18.2. The second-order valence-corrected chi connectivity index (χ2v) is 6.23. The summed E-state index contributed by atoms with van der Waals surface area (Å²) in [6.45, 7) is 1.80. The molecule has 0 atom stereocenters. The van der Waals surface area contributed by atoms with Gasteiger partial charge in [0.1, 0.15) is 0 Å². The van der Waals surface area contributed by atoms with Gasteiger partial charge in [0, 0.05) is 17.7 Å². The van der Waals surface area contributed by atoms with Crippen LogP contribution in [-0.4, -0.2) is 27.8 Å². The smallest absolute Gasteiger partial charge is 0.336 e. The molecule has 0 bridgehead atoms. The Morgan fingerprint density at radius 3 is 2.50 bits per heavy atom. The Morgan fingerprint density at radius 2 is 1.88 bits per heavy atom. The zero-order chi connectivity index (χ0) is 18.7. The highest BCUT2D eigenvalue weighted by Gasteiger charge is 2.15. The first-order chi connectivity index (χ1) is 12.5. The number of aromatic nitrogens is 3. The number of amides is 1. The summed E-state index contributed by atoms with van der Waals surface area (Å²) < 4.78 is 6.81. The summed E-state index contributed by atoms with van der Waals surface area (Å²) in [7, 11) is 1.50. The number of nitrogens with zero attached hydrogens (tertiary/aromatic N) is 3. The van der Waals surface area contributed by atoms with Crippen LogP contribution in [0.25, 0.3) is 17.1 Å². The number of carbonyl (C=O) groups excluding carboxylic acids is 1. The summed E-state index contributed by atoms with van der Waals surface area (Å²) in [5, 5.41) is 8.05. The molecule has 0 aliphatic rings. The molecule has 3 aromatic rings. The van der Waals surface area contributed by atoms with Crippen LogP contribution in [0.1, 0.15) is 13.3 Å². The molecule has 26 heavy (non-hydrogen) atoms. The van der Waals surface area contributed by atoms with Gasteiger partial charge in [-0.25, -0.2) is 4.68 Å². The van der Waals surface area contributed by atoms with Crippen molar-refractivity contribution in [2.75, 3.05) is 12.4 Å². The number of benzene rings is 2. The number of rotatable bonds is 5. The largest absolute Gasteiger partial charge is 0.466 e. The summed E-state index contributed by atoms with van der Waals surface area (Å²) in [5.74, 6) is 0.516. The molecule has 8 heteroatoms. The maximum atomic E-state index is 11.5. The molecule has 0 saturated carbocycles. The quantitative estimate of drug-likeness (QED) is 0.690. The van der Waals surface area contributed by atoms with E-state index < -0.39 is 0 Å². The van der Waals surface area contributed by atoms with Crippen molar-refractivity contribution in [3.8, 4) is 23.1 Å². The number of carbonyl (C=O) groups is 1. The second kappa shape index (κ2) is 7.76. The van der Waals surface area contributed by atoms with E-state index in [1.54, 1.807) is 35.9 Å². The number of methoxy groups -OCH3 is 1. The van der Waals surface area contributed by atoms with E-state index in [0.29, 0.717) is 28.0 Å². The second-order valence-electron chi connectivity index (χ2n) is 5.41. The molecule has 6 nitrogen and oxygen atoms in total. The third-order valence-electron chi connectivity index (χ3n) is 3.66. The monoisotopic (exact) mass is 390 g/mol. The Bertz CT molecular complexity index is 939. The van der Waals surface area contributed by atoms with E-state index in [2.05, 4.69) is 15.4 Å². The summed E-state index contributed by atoms with van der Waals surface area (Å²) in [5.41, 5.74) is 2.22. The van der Waals surface area contributed by atoms with Crippen molar-refractivity contribution >= 4 is 34.8 Å². The van der Waals surface area contributed by atoms with Crippen LogP contribution >= 0.6 is 23.2 Å². The van der Waals surface area contributed by atoms with Crippen molar-refractivity contribution in [2.45, 2.75) is 13.3 Å². The predicted molar refractivity (Wildman–Crippen MR) is 102 cm³/mol. The Balaban J connectivity index is 2.00. The Kier molecular flexibility index (Phi) is 5.44. The average Bonchev–Trinajstić information content (AvgIpc) is 3.09. The molecule has 0 radical (unpaired) electrons. The van der Waals surface area contributed by atoms with Crippen molar-refractivity contribution in [2.24, 2.45) is 0 Å². The first-order valence-electron chi connectivity index (χ1n) is 7.88. The minimum atomic E-state index is -0.0447. The van der Waals surface area contributed by atoms with E-state index in [9.17, 15) is 4.79 Å². The molecule has 134 valence electrons. The van der Waals surface area contributed by atoms with Crippen LogP contribution in [0.15, 0.2) is 42.5 Å². The van der Waals surface area contributed by atoms with Crippen molar-refractivity contribution in [1.82, 2.24) is 14.8 Å². The lowest BCUT2D eigenvalue weighted by Crippen LogP contribution is -2.09. The molecule has 1 heterocycles. The van der Waals surface area contributed by atoms with Crippen LogP contribution in [0.3, 0.4) is 0 Å². The van der Waals surface area contributed by atoms with Gasteiger partial charge in [-0.15, -0.1) is 5.10 Å². The van der Waals surface area contributed by atoms with Gasteiger partial charge in [0.2, 0.25) is 5.91 Å². The van der Waals surface area contributed by atoms with Crippen molar-refractivity contribution < 1.29 is 9.53 Å². The summed E-state index contributed by atoms with van der Waals surface area (Å²) >= 11 is 12.1. The lowest BCUT2D eigenvalue weighted by Gasteiger charge is -2.08. The molecule has 2 aromatic carbocycles. The van der Waals surface area contributed by atoms with Crippen molar-refractivity contribution in [1.29, 1.82) is 0 Å². The van der Waals surface area contributed by atoms with E-state index in [-0.39, 0.29) is 11.9 Å². The highest BCUT2D eigenvalue weighted by Crippen LogP contribution is 2.30. The van der Waals surface area contributed by atoms with Crippen LogP contribution in [0.4, 0.5) is 5.69 Å². The molecule has 0 unspecified atom stereocenters. The maximum Gasteiger partial charge on any atom is 0.336 e. The number of nitrogens with one attached hydrogen (secondary N) is 1. The minimum absolute atomic E-state index is 0.0447. The minimum Gasteiger partial charge on any atom is -0.466 e. The SMILES string of the molecule is CCC(=O)Nc1ccc(-n2nc(OC)nc2-c2ccc(Cl)c(Cl)c2)cc1.